The molecule has 8 heavy (non-hydrogen) atoms. The predicted octanol–water partition coefficient (Wildman–Crippen LogP) is 1.51. The lowest BCUT2D eigenvalue weighted by Gasteiger charge is -2.09. The highest BCUT2D eigenvalue weighted by atomic mass is 19.1. The average Bonchev–Trinajstić information content (AvgIpc) is 1.84. The van der Waals surface area contributed by atoms with Gasteiger partial charge in [0.25, 0.3) is 0 Å². The number of aliphatic hydroxyl groups is 1. The van der Waals surface area contributed by atoms with E-state index in [1.54, 1.807) is 13.8 Å². The second-order valence-electron chi connectivity index (χ2n) is 1.90. The first-order chi connectivity index (χ1) is 3.72. The van der Waals surface area contributed by atoms with Gasteiger partial charge in [-0.05, 0) is 12.8 Å². The van der Waals surface area contributed by atoms with Crippen LogP contribution in [-0.4, -0.2) is 17.4 Å². The highest BCUT2D eigenvalue weighted by Crippen LogP contribution is 2.05. The Bertz CT molecular complexity index is 48.5. The van der Waals surface area contributed by atoms with E-state index in [0.29, 0.717) is 12.8 Å². The number of alkyl halides is 1. The molecule has 0 aliphatic rings. The molecule has 1 N–H and O–H groups in total. The van der Waals surface area contributed by atoms with Crippen molar-refractivity contribution in [2.45, 2.75) is 39.0 Å². The first kappa shape index (κ1) is 7.89. The third kappa shape index (κ3) is 2.26. The topological polar surface area (TPSA) is 20.2 Å². The Kier molecular flexibility index (Phi) is 3.79. The van der Waals surface area contributed by atoms with Crippen LogP contribution in [0, 0.1) is 0 Å². The van der Waals surface area contributed by atoms with Gasteiger partial charge in [0.15, 0.2) is 0 Å². The summed E-state index contributed by atoms with van der Waals surface area (Å²) in [7, 11) is 0. The molecule has 0 spiro atoms. The van der Waals surface area contributed by atoms with Crippen LogP contribution in [0.4, 0.5) is 4.39 Å². The van der Waals surface area contributed by atoms with E-state index in [2.05, 4.69) is 0 Å². The van der Waals surface area contributed by atoms with Crippen LogP contribution in [0.3, 0.4) is 0 Å². The molecule has 2 atom stereocenters. The molecule has 1 nitrogen and oxygen atoms in total. The zero-order valence-corrected chi connectivity index (χ0v) is 5.39. The van der Waals surface area contributed by atoms with Crippen molar-refractivity contribution >= 4 is 0 Å². The van der Waals surface area contributed by atoms with Gasteiger partial charge < -0.3 is 5.11 Å². The van der Waals surface area contributed by atoms with Gasteiger partial charge >= 0.3 is 0 Å². The molecule has 2 heteroatoms. The summed E-state index contributed by atoms with van der Waals surface area (Å²) < 4.78 is 12.3. The molecule has 0 rings (SSSR count). The average molecular weight is 120 g/mol. The highest BCUT2D eigenvalue weighted by Gasteiger charge is 2.12. The summed E-state index contributed by atoms with van der Waals surface area (Å²) in [6.45, 7) is 3.50. The molecule has 0 fully saturated rings. The highest BCUT2D eigenvalue weighted by molar-refractivity contribution is 4.62. The van der Waals surface area contributed by atoms with E-state index in [9.17, 15) is 4.39 Å². The van der Waals surface area contributed by atoms with Crippen LogP contribution in [0.1, 0.15) is 26.7 Å². The Morgan fingerprint density at radius 3 is 2.00 bits per heavy atom. The minimum atomic E-state index is -1.03. The van der Waals surface area contributed by atoms with Gasteiger partial charge in [0.05, 0.1) is 6.10 Å². The maximum absolute atomic E-state index is 12.3. The zero-order chi connectivity index (χ0) is 6.57. The van der Waals surface area contributed by atoms with Crippen molar-refractivity contribution in [2.75, 3.05) is 0 Å². The van der Waals surface area contributed by atoms with E-state index >= 15 is 0 Å². The van der Waals surface area contributed by atoms with E-state index < -0.39 is 12.3 Å². The van der Waals surface area contributed by atoms with E-state index in [1.165, 1.54) is 0 Å². The van der Waals surface area contributed by atoms with Crippen molar-refractivity contribution in [1.29, 1.82) is 0 Å². The Labute approximate surface area is 49.5 Å². The minimum absolute atomic E-state index is 0.412. The standard InChI is InChI=1S/C6H13FO/c1-3-5(7)6(8)4-2/h5-6,8H,3-4H2,1-2H3. The summed E-state index contributed by atoms with van der Waals surface area (Å²) in [5.74, 6) is 0. The lowest BCUT2D eigenvalue weighted by Crippen LogP contribution is -2.19. The van der Waals surface area contributed by atoms with Crippen LogP contribution in [-0.2, 0) is 0 Å². The summed E-state index contributed by atoms with van der Waals surface area (Å²) in [6, 6.07) is 0. The van der Waals surface area contributed by atoms with Crippen molar-refractivity contribution in [3.63, 3.8) is 0 Å². The van der Waals surface area contributed by atoms with E-state index in [0.717, 1.165) is 0 Å². The summed E-state index contributed by atoms with van der Waals surface area (Å²) in [5, 5.41) is 8.75. The molecule has 0 heterocycles. The Morgan fingerprint density at radius 1 is 1.38 bits per heavy atom. The van der Waals surface area contributed by atoms with Crippen molar-refractivity contribution in [1.82, 2.24) is 0 Å². The smallest absolute Gasteiger partial charge is 0.126 e. The molecule has 0 aromatic rings. The van der Waals surface area contributed by atoms with Crippen LogP contribution in [0.5, 0.6) is 0 Å². The fourth-order valence-electron chi connectivity index (χ4n) is 0.528. The van der Waals surface area contributed by atoms with Gasteiger partial charge in [-0.1, -0.05) is 13.8 Å². The lowest BCUT2D eigenvalue weighted by molar-refractivity contribution is 0.0726. The van der Waals surface area contributed by atoms with Crippen LogP contribution in [0.15, 0.2) is 0 Å². The molecule has 0 aromatic heterocycles. The van der Waals surface area contributed by atoms with Crippen molar-refractivity contribution < 1.29 is 9.50 Å². The van der Waals surface area contributed by atoms with E-state index in [1.807, 2.05) is 0 Å². The fourth-order valence-corrected chi connectivity index (χ4v) is 0.528. The number of rotatable bonds is 3. The number of halogens is 1. The minimum Gasteiger partial charge on any atom is -0.390 e. The van der Waals surface area contributed by atoms with Crippen LogP contribution in [0.25, 0.3) is 0 Å². The van der Waals surface area contributed by atoms with E-state index in [4.69, 9.17) is 5.11 Å². The third-order valence-electron chi connectivity index (χ3n) is 1.23. The second-order valence-corrected chi connectivity index (χ2v) is 1.90. The third-order valence-corrected chi connectivity index (χ3v) is 1.23. The molecule has 0 aromatic carbocycles. The molecule has 0 amide bonds. The monoisotopic (exact) mass is 120 g/mol. The maximum atomic E-state index is 12.3. The molecule has 0 bridgehead atoms. The van der Waals surface area contributed by atoms with Gasteiger partial charge in [-0.25, -0.2) is 4.39 Å². The number of aliphatic hydroxyl groups excluding tert-OH is 1. The normalized spacial score (nSPS) is 18.0. The molecular formula is C6H13FO. The quantitative estimate of drug-likeness (QED) is 0.598. The number of hydrogen-bond donors (Lipinski definition) is 1. The fraction of sp³-hybridized carbons (Fsp3) is 1.00. The van der Waals surface area contributed by atoms with Crippen molar-refractivity contribution in [2.24, 2.45) is 0 Å². The van der Waals surface area contributed by atoms with Crippen LogP contribution < -0.4 is 0 Å². The SMILES string of the molecule is CCC(O)C(F)CC. The van der Waals surface area contributed by atoms with Gasteiger partial charge in [-0.3, -0.25) is 0 Å². The molecule has 0 saturated heterocycles. The van der Waals surface area contributed by atoms with Gasteiger partial charge in [0.2, 0.25) is 0 Å². The number of hydrogen-bond acceptors (Lipinski definition) is 1. The second kappa shape index (κ2) is 3.84. The molecule has 0 aliphatic carbocycles. The molecule has 50 valence electrons. The van der Waals surface area contributed by atoms with Crippen LogP contribution >= 0.6 is 0 Å². The van der Waals surface area contributed by atoms with Gasteiger partial charge in [0, 0.05) is 0 Å². The Hall–Kier alpha value is -0.110. The maximum Gasteiger partial charge on any atom is 0.126 e. The predicted molar refractivity (Wildman–Crippen MR) is 31.5 cm³/mol. The van der Waals surface area contributed by atoms with Gasteiger partial charge in [0.1, 0.15) is 6.17 Å². The van der Waals surface area contributed by atoms with Gasteiger partial charge in [-0.2, -0.15) is 0 Å². The Balaban J connectivity index is 3.29. The molecule has 2 unspecified atom stereocenters. The first-order valence-electron chi connectivity index (χ1n) is 3.04. The lowest BCUT2D eigenvalue weighted by atomic mass is 10.1. The largest absolute Gasteiger partial charge is 0.390 e. The van der Waals surface area contributed by atoms with Crippen molar-refractivity contribution in [3.8, 4) is 0 Å². The van der Waals surface area contributed by atoms with E-state index in [-0.39, 0.29) is 0 Å². The van der Waals surface area contributed by atoms with Gasteiger partial charge in [-0.15, -0.1) is 0 Å². The van der Waals surface area contributed by atoms with Crippen LogP contribution in [0.2, 0.25) is 0 Å². The molecular weight excluding hydrogens is 107 g/mol. The summed E-state index contributed by atoms with van der Waals surface area (Å²) >= 11 is 0. The Morgan fingerprint density at radius 2 is 1.88 bits per heavy atom. The van der Waals surface area contributed by atoms with Crippen molar-refractivity contribution in [3.05, 3.63) is 0 Å². The molecule has 0 radical (unpaired) electrons. The summed E-state index contributed by atoms with van der Waals surface area (Å²) in [4.78, 5) is 0. The molecule has 0 aliphatic heterocycles. The molecule has 0 saturated carbocycles. The summed E-state index contributed by atoms with van der Waals surface area (Å²) in [6.07, 6.45) is -0.857. The zero-order valence-electron chi connectivity index (χ0n) is 5.39. The summed E-state index contributed by atoms with van der Waals surface area (Å²) in [5.41, 5.74) is 0. The first-order valence-corrected chi connectivity index (χ1v) is 3.04.